The van der Waals surface area contributed by atoms with E-state index >= 15 is 0 Å². The number of carbonyl (C=O) groups excluding carboxylic acids is 3. The first kappa shape index (κ1) is 21.9. The van der Waals surface area contributed by atoms with Crippen molar-refractivity contribution in [2.45, 2.75) is 51.5 Å². The Hall–Kier alpha value is -2.81. The Morgan fingerprint density at radius 2 is 2.03 bits per heavy atom. The van der Waals surface area contributed by atoms with Gasteiger partial charge in [-0.3, -0.25) is 14.5 Å². The molecule has 0 aliphatic carbocycles. The van der Waals surface area contributed by atoms with Crippen molar-refractivity contribution in [1.82, 2.24) is 10.2 Å². The number of benzene rings is 1. The molecule has 0 saturated carbocycles. The first-order valence-corrected chi connectivity index (χ1v) is 10.0. The molecule has 0 aromatic heterocycles. The quantitative estimate of drug-likeness (QED) is 0.480. The van der Waals surface area contributed by atoms with Gasteiger partial charge in [-0.1, -0.05) is 0 Å². The van der Waals surface area contributed by atoms with Crippen LogP contribution < -0.4 is 14.8 Å². The van der Waals surface area contributed by atoms with Gasteiger partial charge < -0.3 is 24.3 Å². The van der Waals surface area contributed by atoms with Crippen LogP contribution in [0.2, 0.25) is 0 Å². The maximum atomic E-state index is 12.7. The van der Waals surface area contributed by atoms with Crippen LogP contribution in [0.5, 0.6) is 11.5 Å². The average Bonchev–Trinajstić information content (AvgIpc) is 3.26. The number of rotatable bonds is 9. The van der Waals surface area contributed by atoms with Crippen LogP contribution >= 0.6 is 0 Å². The number of cyclic esters (lactones) is 1. The van der Waals surface area contributed by atoms with Crippen molar-refractivity contribution < 1.29 is 33.3 Å². The maximum Gasteiger partial charge on any atom is 0.344 e. The molecule has 1 N–H and O–H groups in total. The van der Waals surface area contributed by atoms with E-state index < -0.39 is 18.2 Å². The predicted molar refractivity (Wildman–Crippen MR) is 106 cm³/mol. The first-order valence-electron chi connectivity index (χ1n) is 10.0. The molecule has 1 aromatic rings. The van der Waals surface area contributed by atoms with E-state index in [1.54, 1.807) is 12.1 Å². The summed E-state index contributed by atoms with van der Waals surface area (Å²) in [6.45, 7) is 4.88. The molecule has 2 aliphatic heterocycles. The van der Waals surface area contributed by atoms with Gasteiger partial charge in [-0.2, -0.15) is 0 Å². The van der Waals surface area contributed by atoms with Gasteiger partial charge >= 0.3 is 5.97 Å². The molecule has 0 bridgehead atoms. The molecule has 2 amide bonds. The average molecular weight is 420 g/mol. The highest BCUT2D eigenvalue weighted by Gasteiger charge is 2.47. The Kier molecular flexibility index (Phi) is 6.81. The number of fused-ring (bicyclic) bond motifs is 1. The van der Waals surface area contributed by atoms with E-state index in [1.807, 2.05) is 13.8 Å². The summed E-state index contributed by atoms with van der Waals surface area (Å²) in [5, 5.41) is 2.85. The SMILES string of the molecule is COc1ccc2c(c1OC)C(=O)OC2N1C(=O)CC[C@H]1C(=O)NCCCOC(C)C. The van der Waals surface area contributed by atoms with E-state index in [9.17, 15) is 14.4 Å². The summed E-state index contributed by atoms with van der Waals surface area (Å²) < 4.78 is 21.5. The third kappa shape index (κ3) is 4.21. The van der Waals surface area contributed by atoms with Gasteiger partial charge in [0.05, 0.1) is 20.3 Å². The van der Waals surface area contributed by atoms with E-state index in [4.69, 9.17) is 18.9 Å². The molecule has 1 aromatic carbocycles. The fraction of sp³-hybridized carbons (Fsp3) is 0.571. The zero-order chi connectivity index (χ0) is 21.8. The van der Waals surface area contributed by atoms with Crippen LogP contribution in [-0.2, 0) is 19.1 Å². The molecule has 2 heterocycles. The Balaban J connectivity index is 1.76. The van der Waals surface area contributed by atoms with Crippen LogP contribution in [0.4, 0.5) is 0 Å². The van der Waals surface area contributed by atoms with Gasteiger partial charge in [-0.05, 0) is 38.8 Å². The molecule has 2 aliphatic rings. The molecule has 3 rings (SSSR count). The fourth-order valence-electron chi connectivity index (χ4n) is 3.76. The van der Waals surface area contributed by atoms with E-state index in [0.29, 0.717) is 37.3 Å². The van der Waals surface area contributed by atoms with Crippen molar-refractivity contribution in [3.05, 3.63) is 23.3 Å². The number of nitrogens with one attached hydrogen (secondary N) is 1. The van der Waals surface area contributed by atoms with Crippen LogP contribution in [-0.4, -0.2) is 62.2 Å². The minimum Gasteiger partial charge on any atom is -0.493 e. The lowest BCUT2D eigenvalue weighted by Gasteiger charge is -2.29. The molecule has 30 heavy (non-hydrogen) atoms. The molecule has 9 nitrogen and oxygen atoms in total. The van der Waals surface area contributed by atoms with Crippen molar-refractivity contribution >= 4 is 17.8 Å². The van der Waals surface area contributed by atoms with Gasteiger partial charge in [0.2, 0.25) is 18.0 Å². The monoisotopic (exact) mass is 420 g/mol. The summed E-state index contributed by atoms with van der Waals surface area (Å²) in [4.78, 5) is 39.3. The standard InChI is InChI=1S/C21H28N2O7/c1-12(2)29-11-5-10-22-19(25)14-7-9-16(24)23(14)20-13-6-8-15(27-3)18(28-4)17(13)21(26)30-20/h6,8,12,14,20H,5,7,9-11H2,1-4H3,(H,22,25)/t14-,20?/m0/s1. The van der Waals surface area contributed by atoms with Crippen molar-refractivity contribution in [3.8, 4) is 11.5 Å². The molecule has 2 atom stereocenters. The number of ether oxygens (including phenoxy) is 4. The third-order valence-electron chi connectivity index (χ3n) is 5.15. The summed E-state index contributed by atoms with van der Waals surface area (Å²) >= 11 is 0. The van der Waals surface area contributed by atoms with E-state index in [-0.39, 0.29) is 35.7 Å². The number of nitrogens with zero attached hydrogens (tertiary/aromatic N) is 1. The van der Waals surface area contributed by atoms with Gasteiger partial charge in [-0.25, -0.2) is 4.79 Å². The smallest absolute Gasteiger partial charge is 0.344 e. The van der Waals surface area contributed by atoms with Gasteiger partial charge in [0.25, 0.3) is 0 Å². The lowest BCUT2D eigenvalue weighted by molar-refractivity contribution is -0.145. The predicted octanol–water partition coefficient (Wildman–Crippen LogP) is 1.80. The number of hydrogen-bond donors (Lipinski definition) is 1. The summed E-state index contributed by atoms with van der Waals surface area (Å²) in [5.74, 6) is -0.482. The fourth-order valence-corrected chi connectivity index (χ4v) is 3.76. The largest absolute Gasteiger partial charge is 0.493 e. The second-order valence-corrected chi connectivity index (χ2v) is 7.44. The lowest BCUT2D eigenvalue weighted by Crippen LogP contribution is -2.46. The molecule has 1 unspecified atom stereocenters. The van der Waals surface area contributed by atoms with Crippen LogP contribution in [0, 0.1) is 0 Å². The van der Waals surface area contributed by atoms with Crippen molar-refractivity contribution in [2.75, 3.05) is 27.4 Å². The van der Waals surface area contributed by atoms with Crippen LogP contribution in [0.3, 0.4) is 0 Å². The minimum absolute atomic E-state index is 0.136. The zero-order valence-electron chi connectivity index (χ0n) is 17.7. The van der Waals surface area contributed by atoms with Crippen LogP contribution in [0.15, 0.2) is 12.1 Å². The molecule has 1 fully saturated rings. The first-order chi connectivity index (χ1) is 14.4. The summed E-state index contributed by atoms with van der Waals surface area (Å²) in [7, 11) is 2.90. The van der Waals surface area contributed by atoms with Crippen molar-refractivity contribution in [3.63, 3.8) is 0 Å². The molecular weight excluding hydrogens is 392 g/mol. The minimum atomic E-state index is -0.970. The Bertz CT molecular complexity index is 824. The number of hydrogen-bond acceptors (Lipinski definition) is 7. The number of amides is 2. The number of carbonyl (C=O) groups is 3. The Morgan fingerprint density at radius 1 is 1.27 bits per heavy atom. The third-order valence-corrected chi connectivity index (χ3v) is 5.15. The maximum absolute atomic E-state index is 12.7. The van der Waals surface area contributed by atoms with Gasteiger partial charge in [0.1, 0.15) is 11.6 Å². The number of methoxy groups -OCH3 is 2. The van der Waals surface area contributed by atoms with Gasteiger partial charge in [0, 0.05) is 25.1 Å². The molecule has 0 spiro atoms. The highest BCUT2D eigenvalue weighted by atomic mass is 16.6. The summed E-state index contributed by atoms with van der Waals surface area (Å²) in [5.41, 5.74) is 0.697. The number of esters is 1. The van der Waals surface area contributed by atoms with E-state index in [2.05, 4.69) is 5.32 Å². The highest BCUT2D eigenvalue weighted by Crippen LogP contribution is 2.45. The molecular formula is C21H28N2O7. The highest BCUT2D eigenvalue weighted by molar-refractivity contribution is 5.99. The van der Waals surface area contributed by atoms with Crippen molar-refractivity contribution in [2.24, 2.45) is 0 Å². The molecule has 9 heteroatoms. The van der Waals surface area contributed by atoms with Crippen LogP contribution in [0.1, 0.15) is 55.3 Å². The second kappa shape index (κ2) is 9.34. The van der Waals surface area contributed by atoms with E-state index in [0.717, 1.165) is 0 Å². The molecule has 164 valence electrons. The van der Waals surface area contributed by atoms with E-state index in [1.165, 1.54) is 19.1 Å². The molecule has 1 saturated heterocycles. The molecule has 0 radical (unpaired) electrons. The van der Waals surface area contributed by atoms with Gasteiger partial charge in [0.15, 0.2) is 11.5 Å². The summed E-state index contributed by atoms with van der Waals surface area (Å²) in [6.07, 6.45) is 0.413. The van der Waals surface area contributed by atoms with Gasteiger partial charge in [-0.15, -0.1) is 0 Å². The lowest BCUT2D eigenvalue weighted by atomic mass is 10.1. The number of likely N-dealkylation sites (tertiary alicyclic amines) is 1. The zero-order valence-corrected chi connectivity index (χ0v) is 17.7. The van der Waals surface area contributed by atoms with Crippen molar-refractivity contribution in [1.29, 1.82) is 0 Å². The normalized spacial score (nSPS) is 20.4. The second-order valence-electron chi connectivity index (χ2n) is 7.44. The Labute approximate surface area is 175 Å². The Morgan fingerprint density at radius 3 is 2.70 bits per heavy atom. The van der Waals surface area contributed by atoms with Crippen LogP contribution in [0.25, 0.3) is 0 Å². The topological polar surface area (TPSA) is 103 Å². The summed E-state index contributed by atoms with van der Waals surface area (Å²) in [6, 6.07) is 2.60.